The van der Waals surface area contributed by atoms with Crippen LogP contribution >= 0.6 is 0 Å². The summed E-state index contributed by atoms with van der Waals surface area (Å²) >= 11 is 0. The maximum Gasteiger partial charge on any atom is 0.302 e. The minimum atomic E-state index is -0.562. The number of aliphatic hydroxyl groups excluding tert-OH is 1. The summed E-state index contributed by atoms with van der Waals surface area (Å²) in [5.41, 5.74) is 1.04. The second-order valence-corrected chi connectivity index (χ2v) is 13.2. The molecule has 1 unspecified atom stereocenters. The number of ether oxygens (including phenoxy) is 1. The lowest BCUT2D eigenvalue weighted by atomic mass is 9.46. The first-order chi connectivity index (χ1) is 15.4. The number of allylic oxidation sites excluding steroid dienone is 1. The Balaban J connectivity index is 1.53. The third kappa shape index (κ3) is 4.56. The van der Waals surface area contributed by atoms with Crippen molar-refractivity contribution >= 4 is 5.97 Å². The highest BCUT2D eigenvalue weighted by atomic mass is 16.5. The van der Waals surface area contributed by atoms with E-state index in [4.69, 9.17) is 4.74 Å². The van der Waals surface area contributed by atoms with Crippen LogP contribution in [0, 0.1) is 40.4 Å². The monoisotopic (exact) mass is 460 g/mol. The van der Waals surface area contributed by atoms with Gasteiger partial charge < -0.3 is 14.9 Å². The van der Waals surface area contributed by atoms with E-state index in [1.807, 2.05) is 13.8 Å². The Morgan fingerprint density at radius 1 is 1.24 bits per heavy atom. The Bertz CT molecular complexity index is 766. The van der Waals surface area contributed by atoms with Gasteiger partial charge in [0.2, 0.25) is 0 Å². The van der Waals surface area contributed by atoms with Crippen LogP contribution in [0.3, 0.4) is 0 Å². The molecule has 3 fully saturated rings. The molecule has 4 heteroatoms. The van der Waals surface area contributed by atoms with E-state index in [1.54, 1.807) is 0 Å². The Labute approximate surface area is 201 Å². The van der Waals surface area contributed by atoms with Gasteiger partial charge in [-0.3, -0.25) is 4.79 Å². The molecule has 0 bridgehead atoms. The number of rotatable bonds is 6. The number of esters is 1. The summed E-state index contributed by atoms with van der Waals surface area (Å²) in [6.07, 6.45) is 12.5. The van der Waals surface area contributed by atoms with Crippen molar-refractivity contribution in [3.8, 4) is 0 Å². The molecule has 0 saturated heterocycles. The largest absolute Gasteiger partial charge is 0.462 e. The highest BCUT2D eigenvalue weighted by Crippen LogP contribution is 2.67. The van der Waals surface area contributed by atoms with Gasteiger partial charge in [0.05, 0.1) is 11.7 Å². The second-order valence-electron chi connectivity index (χ2n) is 13.2. The molecule has 188 valence electrons. The number of carbonyl (C=O) groups is 1. The Morgan fingerprint density at radius 3 is 2.64 bits per heavy atom. The van der Waals surface area contributed by atoms with Crippen LogP contribution < -0.4 is 0 Å². The van der Waals surface area contributed by atoms with Crippen LogP contribution in [-0.4, -0.2) is 34.0 Å². The van der Waals surface area contributed by atoms with Crippen LogP contribution in [-0.2, 0) is 9.53 Å². The van der Waals surface area contributed by atoms with Crippen molar-refractivity contribution in [2.75, 3.05) is 0 Å². The average molecular weight is 461 g/mol. The van der Waals surface area contributed by atoms with Crippen LogP contribution in [0.4, 0.5) is 0 Å². The third-order valence-corrected chi connectivity index (χ3v) is 10.7. The molecule has 2 N–H and O–H groups in total. The molecule has 4 nitrogen and oxygen atoms in total. The SMILES string of the molecule is CC(=O)OC1C[C@@H](O)CC2=CC[C@H]3[C@@H]4CC[C@H]([C@H](C)CCCC(C)(C)O)[C@@]4(C)CC[C@@H]3[C@]21C. The van der Waals surface area contributed by atoms with Crippen LogP contribution in [0.1, 0.15) is 106 Å². The summed E-state index contributed by atoms with van der Waals surface area (Å²) in [6, 6.07) is 0. The molecule has 0 aromatic rings. The smallest absolute Gasteiger partial charge is 0.302 e. The standard InChI is InChI=1S/C29H48O4/c1-18(8-7-14-27(3,4)32)23-11-12-24-22-10-9-20-16-21(31)17-26(33-19(2)30)29(20,6)25(22)13-15-28(23,24)5/h9,18,21-26,31-32H,7-8,10-17H2,1-6H3/t18-,21+,22+,23-,24+,25+,26?,28-,29+/m1/s1. The summed E-state index contributed by atoms with van der Waals surface area (Å²) in [5, 5.41) is 20.6. The van der Waals surface area contributed by atoms with Crippen molar-refractivity contribution in [1.29, 1.82) is 0 Å². The highest BCUT2D eigenvalue weighted by Gasteiger charge is 2.61. The molecular weight excluding hydrogens is 412 g/mol. The molecule has 0 spiro atoms. The fraction of sp³-hybridized carbons (Fsp3) is 0.897. The summed E-state index contributed by atoms with van der Waals surface area (Å²) < 4.78 is 5.89. The van der Waals surface area contributed by atoms with E-state index >= 15 is 0 Å². The van der Waals surface area contributed by atoms with Gasteiger partial charge in [-0.1, -0.05) is 45.3 Å². The van der Waals surface area contributed by atoms with Crippen molar-refractivity contribution in [2.24, 2.45) is 40.4 Å². The number of fused-ring (bicyclic) bond motifs is 5. The van der Waals surface area contributed by atoms with E-state index in [0.717, 1.165) is 37.5 Å². The van der Waals surface area contributed by atoms with Gasteiger partial charge in [0, 0.05) is 18.8 Å². The lowest BCUT2D eigenvalue weighted by Crippen LogP contribution is -2.56. The summed E-state index contributed by atoms with van der Waals surface area (Å²) in [4.78, 5) is 12.0. The van der Waals surface area contributed by atoms with Crippen LogP contribution in [0.25, 0.3) is 0 Å². The maximum absolute atomic E-state index is 12.0. The van der Waals surface area contributed by atoms with Gasteiger partial charge in [-0.15, -0.1) is 0 Å². The van der Waals surface area contributed by atoms with Crippen LogP contribution in [0.2, 0.25) is 0 Å². The predicted molar refractivity (Wildman–Crippen MR) is 131 cm³/mol. The predicted octanol–water partition coefficient (Wildman–Crippen LogP) is 6.05. The van der Waals surface area contributed by atoms with Gasteiger partial charge in [0.15, 0.2) is 0 Å². The Kier molecular flexibility index (Phi) is 6.86. The molecule has 3 saturated carbocycles. The minimum Gasteiger partial charge on any atom is -0.462 e. The van der Waals surface area contributed by atoms with Gasteiger partial charge in [-0.05, 0) is 93.8 Å². The maximum atomic E-state index is 12.0. The molecule has 0 amide bonds. The van der Waals surface area contributed by atoms with E-state index in [1.165, 1.54) is 44.6 Å². The van der Waals surface area contributed by atoms with Crippen molar-refractivity contribution < 1.29 is 19.7 Å². The zero-order chi connectivity index (χ0) is 24.2. The van der Waals surface area contributed by atoms with Crippen molar-refractivity contribution in [2.45, 2.75) is 124 Å². The summed E-state index contributed by atoms with van der Waals surface area (Å²) in [6.45, 7) is 12.7. The first-order valence-corrected chi connectivity index (χ1v) is 13.6. The molecule has 33 heavy (non-hydrogen) atoms. The van der Waals surface area contributed by atoms with Gasteiger partial charge in [-0.2, -0.15) is 0 Å². The van der Waals surface area contributed by atoms with E-state index < -0.39 is 11.7 Å². The number of hydrogen-bond donors (Lipinski definition) is 2. The molecule has 4 rings (SSSR count). The first kappa shape index (κ1) is 25.2. The second kappa shape index (κ2) is 8.97. The molecule has 4 aliphatic rings. The molecule has 0 heterocycles. The van der Waals surface area contributed by atoms with E-state index in [2.05, 4.69) is 26.8 Å². The molecular formula is C29H48O4. The first-order valence-electron chi connectivity index (χ1n) is 13.6. The van der Waals surface area contributed by atoms with Crippen molar-refractivity contribution in [3.63, 3.8) is 0 Å². The molecule has 0 aliphatic heterocycles. The van der Waals surface area contributed by atoms with Gasteiger partial charge >= 0.3 is 5.97 Å². The van der Waals surface area contributed by atoms with Gasteiger partial charge in [-0.25, -0.2) is 0 Å². The van der Waals surface area contributed by atoms with E-state index in [9.17, 15) is 15.0 Å². The lowest BCUT2D eigenvalue weighted by molar-refractivity contribution is -0.166. The Morgan fingerprint density at radius 2 is 1.97 bits per heavy atom. The highest BCUT2D eigenvalue weighted by molar-refractivity contribution is 5.66. The molecule has 0 aromatic heterocycles. The molecule has 4 aliphatic carbocycles. The number of hydrogen-bond acceptors (Lipinski definition) is 4. The van der Waals surface area contributed by atoms with Crippen LogP contribution in [0.5, 0.6) is 0 Å². The third-order valence-electron chi connectivity index (χ3n) is 10.7. The molecule has 0 aromatic carbocycles. The number of carbonyl (C=O) groups excluding carboxylic acids is 1. The zero-order valence-electron chi connectivity index (χ0n) is 21.9. The van der Waals surface area contributed by atoms with E-state index in [-0.39, 0.29) is 17.5 Å². The molecule has 9 atom stereocenters. The van der Waals surface area contributed by atoms with Crippen molar-refractivity contribution in [1.82, 2.24) is 0 Å². The summed E-state index contributed by atoms with van der Waals surface area (Å²) in [7, 11) is 0. The van der Waals surface area contributed by atoms with Crippen molar-refractivity contribution in [3.05, 3.63) is 11.6 Å². The molecule has 0 radical (unpaired) electrons. The summed E-state index contributed by atoms with van der Waals surface area (Å²) in [5.74, 6) is 3.16. The fourth-order valence-corrected chi connectivity index (χ4v) is 9.08. The Hall–Kier alpha value is -0.870. The van der Waals surface area contributed by atoms with Crippen LogP contribution in [0.15, 0.2) is 11.6 Å². The average Bonchev–Trinajstić information content (AvgIpc) is 3.05. The fourth-order valence-electron chi connectivity index (χ4n) is 9.08. The van der Waals surface area contributed by atoms with Gasteiger partial charge in [0.25, 0.3) is 0 Å². The van der Waals surface area contributed by atoms with E-state index in [0.29, 0.717) is 29.6 Å². The minimum absolute atomic E-state index is 0.133. The van der Waals surface area contributed by atoms with Gasteiger partial charge in [0.1, 0.15) is 6.10 Å². The normalized spacial score (nSPS) is 43.7. The quantitative estimate of drug-likeness (QED) is 0.374. The lowest BCUT2D eigenvalue weighted by Gasteiger charge is -2.60. The zero-order valence-corrected chi connectivity index (χ0v) is 21.9. The number of aliphatic hydroxyl groups is 2. The topological polar surface area (TPSA) is 66.8 Å².